The first-order chi connectivity index (χ1) is 15.8. The van der Waals surface area contributed by atoms with Crippen molar-refractivity contribution in [2.75, 3.05) is 32.1 Å². The summed E-state index contributed by atoms with van der Waals surface area (Å²) in [6.07, 6.45) is 3.61. The summed E-state index contributed by atoms with van der Waals surface area (Å²) in [5.41, 5.74) is 3.26. The lowest BCUT2D eigenvalue weighted by molar-refractivity contribution is -0.133. The van der Waals surface area contributed by atoms with E-state index in [1.54, 1.807) is 13.0 Å². The van der Waals surface area contributed by atoms with Gasteiger partial charge in [0.25, 0.3) is 5.56 Å². The lowest BCUT2D eigenvalue weighted by Crippen LogP contribution is -2.42. The summed E-state index contributed by atoms with van der Waals surface area (Å²) in [4.78, 5) is 38.2. The smallest absolute Gasteiger partial charge is 0.267 e. The second kappa shape index (κ2) is 9.70. The number of piperidine rings is 1. The molecule has 0 unspecified atom stereocenters. The van der Waals surface area contributed by atoms with Crippen molar-refractivity contribution in [2.24, 2.45) is 0 Å². The van der Waals surface area contributed by atoms with Gasteiger partial charge in [-0.15, -0.1) is 0 Å². The number of likely N-dealkylation sites (tertiary alicyclic amines) is 1. The van der Waals surface area contributed by atoms with Gasteiger partial charge >= 0.3 is 0 Å². The minimum atomic E-state index is -0.279. The number of aromatic nitrogens is 4. The van der Waals surface area contributed by atoms with Crippen LogP contribution in [0.1, 0.15) is 30.1 Å². The average molecular weight is 467 g/mol. The highest BCUT2D eigenvalue weighted by Gasteiger charge is 2.28. The second-order valence-corrected chi connectivity index (χ2v) is 8.96. The number of carbonyl (C=O) groups is 1. The van der Waals surface area contributed by atoms with Gasteiger partial charge in [0.2, 0.25) is 11.9 Å². The Morgan fingerprint density at radius 2 is 1.94 bits per heavy atom. The number of hydrogen-bond acceptors (Lipinski definition) is 6. The molecule has 1 aliphatic rings. The SMILES string of the molecule is Cc1ccc(=O)n(CC(=O)N2CCC[C@@H](c3nc(N(C)C)ncc3-c3ccc(Cl)cc3)C2)n1. The molecule has 1 amide bonds. The number of amides is 1. The van der Waals surface area contributed by atoms with Gasteiger partial charge in [-0.3, -0.25) is 9.59 Å². The van der Waals surface area contributed by atoms with Crippen molar-refractivity contribution < 1.29 is 4.79 Å². The number of nitrogens with zero attached hydrogens (tertiary/aromatic N) is 6. The Labute approximate surface area is 197 Å². The first kappa shape index (κ1) is 22.9. The van der Waals surface area contributed by atoms with Gasteiger partial charge in [0.05, 0.1) is 11.4 Å². The molecule has 3 aromatic rings. The third-order valence-corrected chi connectivity index (χ3v) is 6.06. The van der Waals surface area contributed by atoms with Gasteiger partial charge in [-0.2, -0.15) is 5.10 Å². The van der Waals surface area contributed by atoms with Gasteiger partial charge in [0.1, 0.15) is 6.54 Å². The van der Waals surface area contributed by atoms with E-state index in [9.17, 15) is 9.59 Å². The van der Waals surface area contributed by atoms with Crippen molar-refractivity contribution in [3.05, 3.63) is 69.4 Å². The van der Waals surface area contributed by atoms with Gasteiger partial charge in [0.15, 0.2) is 0 Å². The molecule has 0 bridgehead atoms. The molecule has 1 aliphatic heterocycles. The van der Waals surface area contributed by atoms with Crippen molar-refractivity contribution in [1.29, 1.82) is 0 Å². The van der Waals surface area contributed by atoms with E-state index in [0.29, 0.717) is 29.8 Å². The van der Waals surface area contributed by atoms with Crippen LogP contribution in [0, 0.1) is 6.92 Å². The maximum Gasteiger partial charge on any atom is 0.267 e. The summed E-state index contributed by atoms with van der Waals surface area (Å²) in [6, 6.07) is 10.7. The molecule has 0 N–H and O–H groups in total. The zero-order valence-electron chi connectivity index (χ0n) is 19.0. The number of anilines is 1. The monoisotopic (exact) mass is 466 g/mol. The summed E-state index contributed by atoms with van der Waals surface area (Å²) in [5.74, 6) is 0.564. The Morgan fingerprint density at radius 3 is 2.67 bits per heavy atom. The minimum Gasteiger partial charge on any atom is -0.347 e. The Bertz CT molecular complexity index is 1210. The topological polar surface area (TPSA) is 84.2 Å². The van der Waals surface area contributed by atoms with Crippen molar-refractivity contribution in [2.45, 2.75) is 32.2 Å². The van der Waals surface area contributed by atoms with Crippen molar-refractivity contribution in [3.8, 4) is 11.1 Å². The van der Waals surface area contributed by atoms with Gasteiger partial charge in [-0.05, 0) is 43.5 Å². The van der Waals surface area contributed by atoms with Crippen LogP contribution in [0.25, 0.3) is 11.1 Å². The summed E-state index contributed by atoms with van der Waals surface area (Å²) in [5, 5.41) is 4.86. The highest BCUT2D eigenvalue weighted by molar-refractivity contribution is 6.30. The molecule has 4 rings (SSSR count). The van der Waals surface area contributed by atoms with Crippen LogP contribution in [0.15, 0.2) is 47.4 Å². The van der Waals surface area contributed by atoms with Crippen LogP contribution >= 0.6 is 11.6 Å². The fraction of sp³-hybridized carbons (Fsp3) is 0.375. The van der Waals surface area contributed by atoms with Gasteiger partial charge in [0, 0.05) is 56.0 Å². The molecule has 0 spiro atoms. The lowest BCUT2D eigenvalue weighted by Gasteiger charge is -2.33. The molecule has 1 fully saturated rings. The van der Waals surface area contributed by atoms with Crippen LogP contribution in [0.4, 0.5) is 5.95 Å². The standard InChI is InChI=1S/C24H27ClN6O2/c1-16-6-11-21(32)31(28-16)15-22(33)30-12-4-5-18(14-30)23-20(13-26-24(27-23)29(2)3)17-7-9-19(25)10-8-17/h6-11,13,18H,4-5,12,14-15H2,1-3H3/t18-/m1/s1. The highest BCUT2D eigenvalue weighted by atomic mass is 35.5. The maximum absolute atomic E-state index is 13.0. The molecule has 0 aliphatic carbocycles. The van der Waals surface area contributed by atoms with E-state index in [1.165, 1.54) is 10.7 Å². The predicted molar refractivity (Wildman–Crippen MR) is 129 cm³/mol. The Morgan fingerprint density at radius 1 is 1.18 bits per heavy atom. The third kappa shape index (κ3) is 5.22. The molecule has 172 valence electrons. The largest absolute Gasteiger partial charge is 0.347 e. The van der Waals surface area contributed by atoms with Gasteiger partial charge < -0.3 is 9.80 Å². The van der Waals surface area contributed by atoms with E-state index in [-0.39, 0.29) is 23.9 Å². The van der Waals surface area contributed by atoms with E-state index in [4.69, 9.17) is 16.6 Å². The molecule has 1 saturated heterocycles. The maximum atomic E-state index is 13.0. The average Bonchev–Trinajstić information content (AvgIpc) is 2.81. The number of benzene rings is 1. The van der Waals surface area contributed by atoms with Crippen molar-refractivity contribution in [1.82, 2.24) is 24.6 Å². The number of aryl methyl sites for hydroxylation is 1. The molecule has 2 aromatic heterocycles. The van der Waals surface area contributed by atoms with E-state index in [1.807, 2.05) is 54.4 Å². The number of rotatable bonds is 5. The summed E-state index contributed by atoms with van der Waals surface area (Å²) in [6.45, 7) is 2.92. The molecule has 0 radical (unpaired) electrons. The molecular formula is C24H27ClN6O2. The molecule has 8 nitrogen and oxygen atoms in total. The molecule has 9 heteroatoms. The van der Waals surface area contributed by atoms with Crippen LogP contribution in [-0.2, 0) is 11.3 Å². The molecule has 3 heterocycles. The van der Waals surface area contributed by atoms with E-state index in [2.05, 4.69) is 10.1 Å². The number of halogens is 1. The number of carbonyl (C=O) groups excluding carboxylic acids is 1. The van der Waals surface area contributed by atoms with Crippen LogP contribution in [0.5, 0.6) is 0 Å². The summed E-state index contributed by atoms with van der Waals surface area (Å²) >= 11 is 6.08. The zero-order chi connectivity index (χ0) is 23.5. The van der Waals surface area contributed by atoms with E-state index >= 15 is 0 Å². The fourth-order valence-corrected chi connectivity index (χ4v) is 4.21. The Hall–Kier alpha value is -3.26. The highest BCUT2D eigenvalue weighted by Crippen LogP contribution is 2.34. The molecule has 1 aromatic carbocycles. The van der Waals surface area contributed by atoms with E-state index in [0.717, 1.165) is 29.7 Å². The summed E-state index contributed by atoms with van der Waals surface area (Å²) < 4.78 is 1.23. The summed E-state index contributed by atoms with van der Waals surface area (Å²) in [7, 11) is 3.81. The molecule has 0 saturated carbocycles. The van der Waals surface area contributed by atoms with Crippen LogP contribution < -0.4 is 10.5 Å². The number of hydrogen-bond donors (Lipinski definition) is 0. The first-order valence-corrected chi connectivity index (χ1v) is 11.3. The second-order valence-electron chi connectivity index (χ2n) is 8.52. The van der Waals surface area contributed by atoms with Crippen LogP contribution in [0.2, 0.25) is 5.02 Å². The van der Waals surface area contributed by atoms with Crippen molar-refractivity contribution in [3.63, 3.8) is 0 Å². The van der Waals surface area contributed by atoms with Gasteiger partial charge in [-0.25, -0.2) is 14.6 Å². The zero-order valence-corrected chi connectivity index (χ0v) is 19.8. The minimum absolute atomic E-state index is 0.0530. The lowest BCUT2D eigenvalue weighted by atomic mass is 9.90. The van der Waals surface area contributed by atoms with Crippen molar-refractivity contribution >= 4 is 23.5 Å². The fourth-order valence-electron chi connectivity index (χ4n) is 4.08. The van der Waals surface area contributed by atoms with E-state index < -0.39 is 0 Å². The normalized spacial score (nSPS) is 16.0. The quantitative estimate of drug-likeness (QED) is 0.574. The van der Waals surface area contributed by atoms with Gasteiger partial charge in [-0.1, -0.05) is 23.7 Å². The Kier molecular flexibility index (Phi) is 6.74. The first-order valence-electron chi connectivity index (χ1n) is 10.9. The predicted octanol–water partition coefficient (Wildman–Crippen LogP) is 3.13. The molecular weight excluding hydrogens is 440 g/mol. The third-order valence-electron chi connectivity index (χ3n) is 5.81. The molecule has 33 heavy (non-hydrogen) atoms. The van der Waals surface area contributed by atoms with Crippen LogP contribution in [0.3, 0.4) is 0 Å². The van der Waals surface area contributed by atoms with Crippen LogP contribution in [-0.4, -0.2) is 57.7 Å². The Balaban J connectivity index is 1.62. The molecule has 1 atom stereocenters.